The van der Waals surface area contributed by atoms with Gasteiger partial charge in [0.1, 0.15) is 0 Å². The van der Waals surface area contributed by atoms with E-state index in [9.17, 15) is 4.79 Å². The highest BCUT2D eigenvalue weighted by Gasteiger charge is 2.01. The van der Waals surface area contributed by atoms with Crippen LogP contribution in [-0.2, 0) is 9.53 Å². The van der Waals surface area contributed by atoms with Crippen molar-refractivity contribution in [3.8, 4) is 0 Å². The molecule has 4 nitrogen and oxygen atoms in total. The van der Waals surface area contributed by atoms with Crippen molar-refractivity contribution in [3.05, 3.63) is 28.7 Å². The van der Waals surface area contributed by atoms with E-state index in [0.717, 1.165) is 10.2 Å². The molecule has 0 unspecified atom stereocenters. The van der Waals surface area contributed by atoms with E-state index in [0.29, 0.717) is 13.2 Å². The topological polar surface area (TPSA) is 50.4 Å². The molecule has 5 heteroatoms. The first-order chi connectivity index (χ1) is 8.58. The van der Waals surface area contributed by atoms with Gasteiger partial charge in [0.2, 0.25) is 5.91 Å². The van der Waals surface area contributed by atoms with Gasteiger partial charge in [-0.3, -0.25) is 4.79 Å². The van der Waals surface area contributed by atoms with Gasteiger partial charge in [-0.1, -0.05) is 15.9 Å². The van der Waals surface area contributed by atoms with Gasteiger partial charge in [-0.25, -0.2) is 0 Å². The van der Waals surface area contributed by atoms with Gasteiger partial charge in [-0.05, 0) is 38.1 Å². The first-order valence-electron chi connectivity index (χ1n) is 5.95. The summed E-state index contributed by atoms with van der Waals surface area (Å²) in [5.74, 6) is -0.0538. The van der Waals surface area contributed by atoms with E-state index >= 15 is 0 Å². The largest absolute Gasteiger partial charge is 0.377 e. The Balaban J connectivity index is 2.16. The molecule has 0 heterocycles. The third kappa shape index (κ3) is 6.74. The van der Waals surface area contributed by atoms with Crippen LogP contribution in [0.15, 0.2) is 28.7 Å². The number of nitrogens with one attached hydrogen (secondary N) is 2. The van der Waals surface area contributed by atoms with Crippen LogP contribution >= 0.6 is 15.9 Å². The van der Waals surface area contributed by atoms with Crippen molar-refractivity contribution in [1.29, 1.82) is 0 Å². The maximum Gasteiger partial charge on any atom is 0.238 e. The number of rotatable bonds is 7. The maximum absolute atomic E-state index is 11.6. The Morgan fingerprint density at radius 2 is 2.00 bits per heavy atom. The van der Waals surface area contributed by atoms with Crippen LogP contribution < -0.4 is 10.6 Å². The fourth-order valence-electron chi connectivity index (χ4n) is 1.31. The summed E-state index contributed by atoms with van der Waals surface area (Å²) in [6, 6.07) is 7.48. The number of carbonyl (C=O) groups excluding carboxylic acids is 1. The lowest BCUT2D eigenvalue weighted by Crippen LogP contribution is -2.30. The average molecular weight is 315 g/mol. The number of halogens is 1. The van der Waals surface area contributed by atoms with E-state index in [4.69, 9.17) is 4.74 Å². The Labute approximate surface area is 116 Å². The Kier molecular flexibility index (Phi) is 6.93. The van der Waals surface area contributed by atoms with Gasteiger partial charge in [-0.2, -0.15) is 0 Å². The van der Waals surface area contributed by atoms with Crippen LogP contribution in [0.1, 0.15) is 13.8 Å². The molecule has 1 rings (SSSR count). The highest BCUT2D eigenvalue weighted by Crippen LogP contribution is 2.13. The van der Waals surface area contributed by atoms with E-state index in [1.807, 2.05) is 38.1 Å². The summed E-state index contributed by atoms with van der Waals surface area (Å²) in [6.45, 7) is 5.55. The van der Waals surface area contributed by atoms with Gasteiger partial charge in [0.25, 0.3) is 0 Å². The van der Waals surface area contributed by atoms with E-state index < -0.39 is 0 Å². The Hall–Kier alpha value is -0.910. The molecule has 1 aromatic carbocycles. The zero-order valence-electron chi connectivity index (χ0n) is 10.7. The fourth-order valence-corrected chi connectivity index (χ4v) is 1.57. The zero-order chi connectivity index (χ0) is 13.4. The SMILES string of the molecule is CC(C)OCCNCC(=O)Nc1ccc(Br)cc1. The number of benzene rings is 1. The molecule has 0 aliphatic heterocycles. The lowest BCUT2D eigenvalue weighted by molar-refractivity contribution is -0.115. The molecular weight excluding hydrogens is 296 g/mol. The number of hydrogen-bond donors (Lipinski definition) is 2. The van der Waals surface area contributed by atoms with Crippen LogP contribution in [0.5, 0.6) is 0 Å². The van der Waals surface area contributed by atoms with Crippen molar-refractivity contribution in [1.82, 2.24) is 5.32 Å². The van der Waals surface area contributed by atoms with Gasteiger partial charge in [-0.15, -0.1) is 0 Å². The highest BCUT2D eigenvalue weighted by atomic mass is 79.9. The molecule has 0 atom stereocenters. The second-order valence-electron chi connectivity index (χ2n) is 4.15. The molecular formula is C13H19BrN2O2. The lowest BCUT2D eigenvalue weighted by Gasteiger charge is -2.09. The monoisotopic (exact) mass is 314 g/mol. The predicted molar refractivity (Wildman–Crippen MR) is 76.7 cm³/mol. The van der Waals surface area contributed by atoms with Crippen LogP contribution in [0.25, 0.3) is 0 Å². The van der Waals surface area contributed by atoms with Gasteiger partial charge in [0, 0.05) is 16.7 Å². The van der Waals surface area contributed by atoms with Crippen molar-refractivity contribution in [3.63, 3.8) is 0 Å². The summed E-state index contributed by atoms with van der Waals surface area (Å²) in [7, 11) is 0. The van der Waals surface area contributed by atoms with Gasteiger partial charge >= 0.3 is 0 Å². The molecule has 0 aliphatic rings. The number of anilines is 1. The maximum atomic E-state index is 11.6. The first-order valence-corrected chi connectivity index (χ1v) is 6.75. The molecule has 0 bridgehead atoms. The highest BCUT2D eigenvalue weighted by molar-refractivity contribution is 9.10. The molecule has 0 radical (unpaired) electrons. The van der Waals surface area contributed by atoms with Crippen LogP contribution in [0.2, 0.25) is 0 Å². The summed E-state index contributed by atoms with van der Waals surface area (Å²) in [5.41, 5.74) is 0.795. The molecule has 0 aliphatic carbocycles. The third-order valence-electron chi connectivity index (χ3n) is 2.14. The Morgan fingerprint density at radius 1 is 1.33 bits per heavy atom. The molecule has 100 valence electrons. The van der Waals surface area contributed by atoms with E-state index in [-0.39, 0.29) is 18.6 Å². The standard InChI is InChI=1S/C13H19BrN2O2/c1-10(2)18-8-7-15-9-13(17)16-12-5-3-11(14)4-6-12/h3-6,10,15H,7-9H2,1-2H3,(H,16,17). The molecule has 2 N–H and O–H groups in total. The quantitative estimate of drug-likeness (QED) is 0.760. The van der Waals surface area contributed by atoms with E-state index in [2.05, 4.69) is 26.6 Å². The minimum atomic E-state index is -0.0538. The number of ether oxygens (including phenoxy) is 1. The number of amides is 1. The van der Waals surface area contributed by atoms with Crippen molar-refractivity contribution in [2.24, 2.45) is 0 Å². The van der Waals surface area contributed by atoms with Gasteiger partial charge < -0.3 is 15.4 Å². The van der Waals surface area contributed by atoms with Crippen molar-refractivity contribution in [2.45, 2.75) is 20.0 Å². The molecule has 0 aromatic heterocycles. The minimum absolute atomic E-state index is 0.0538. The van der Waals surface area contributed by atoms with Gasteiger partial charge in [0.15, 0.2) is 0 Å². The molecule has 0 saturated heterocycles. The average Bonchev–Trinajstić information content (AvgIpc) is 2.31. The van der Waals surface area contributed by atoms with Gasteiger partial charge in [0.05, 0.1) is 19.3 Å². The molecule has 18 heavy (non-hydrogen) atoms. The molecule has 1 amide bonds. The summed E-state index contributed by atoms with van der Waals surface area (Å²) >= 11 is 3.34. The van der Waals surface area contributed by atoms with Crippen molar-refractivity contribution < 1.29 is 9.53 Å². The summed E-state index contributed by atoms with van der Waals surface area (Å²) < 4.78 is 6.35. The van der Waals surface area contributed by atoms with Crippen molar-refractivity contribution >= 4 is 27.5 Å². The number of hydrogen-bond acceptors (Lipinski definition) is 3. The van der Waals surface area contributed by atoms with Crippen LogP contribution in [-0.4, -0.2) is 31.7 Å². The molecule has 1 aromatic rings. The fraction of sp³-hybridized carbons (Fsp3) is 0.462. The summed E-state index contributed by atoms with van der Waals surface area (Å²) in [6.07, 6.45) is 0.225. The van der Waals surface area contributed by atoms with Crippen LogP contribution in [0.4, 0.5) is 5.69 Å². The lowest BCUT2D eigenvalue weighted by atomic mass is 10.3. The van der Waals surface area contributed by atoms with Crippen molar-refractivity contribution in [2.75, 3.05) is 25.0 Å². The van der Waals surface area contributed by atoms with Crippen LogP contribution in [0.3, 0.4) is 0 Å². The summed E-state index contributed by atoms with van der Waals surface area (Å²) in [5, 5.41) is 5.83. The second kappa shape index (κ2) is 8.24. The number of carbonyl (C=O) groups is 1. The summed E-state index contributed by atoms with van der Waals surface area (Å²) in [4.78, 5) is 11.6. The molecule has 0 saturated carbocycles. The zero-order valence-corrected chi connectivity index (χ0v) is 12.3. The van der Waals surface area contributed by atoms with Crippen LogP contribution in [0, 0.1) is 0 Å². The van der Waals surface area contributed by atoms with E-state index in [1.165, 1.54) is 0 Å². The Bertz CT molecular complexity index is 366. The first kappa shape index (κ1) is 15.1. The molecule has 0 fully saturated rings. The Morgan fingerprint density at radius 3 is 2.61 bits per heavy atom. The third-order valence-corrected chi connectivity index (χ3v) is 2.67. The second-order valence-corrected chi connectivity index (χ2v) is 5.07. The minimum Gasteiger partial charge on any atom is -0.377 e. The normalized spacial score (nSPS) is 10.7. The predicted octanol–water partition coefficient (Wildman–Crippen LogP) is 2.40. The molecule has 0 spiro atoms. The van der Waals surface area contributed by atoms with E-state index in [1.54, 1.807) is 0 Å². The smallest absolute Gasteiger partial charge is 0.238 e.